The Morgan fingerprint density at radius 2 is 2.06 bits per heavy atom. The van der Waals surface area contributed by atoms with Crippen LogP contribution in [0.15, 0.2) is 0 Å². The molecule has 0 radical (unpaired) electrons. The maximum Gasteiger partial charge on any atom is 0.236 e. The van der Waals surface area contributed by atoms with Gasteiger partial charge in [0.1, 0.15) is 0 Å². The Bertz CT molecular complexity index is 277. The topological polar surface area (TPSA) is 53.0 Å². The number of piperidine rings is 1. The zero-order valence-electron chi connectivity index (χ0n) is 11.2. The zero-order chi connectivity index (χ0) is 13.0. The molecule has 2 aliphatic heterocycles. The van der Waals surface area contributed by atoms with E-state index in [2.05, 4.69) is 11.8 Å². The largest absolute Gasteiger partial charge is 0.394 e. The molecular formula is C13H24N2O3. The summed E-state index contributed by atoms with van der Waals surface area (Å²) in [6, 6.07) is 0. The molecule has 2 fully saturated rings. The van der Waals surface area contributed by atoms with Gasteiger partial charge in [0.15, 0.2) is 0 Å². The van der Waals surface area contributed by atoms with Gasteiger partial charge >= 0.3 is 0 Å². The van der Waals surface area contributed by atoms with Crippen LogP contribution >= 0.6 is 0 Å². The molecule has 2 aliphatic rings. The number of carbonyl (C=O) groups is 1. The van der Waals surface area contributed by atoms with E-state index in [9.17, 15) is 4.79 Å². The van der Waals surface area contributed by atoms with Crippen molar-refractivity contribution in [3.8, 4) is 0 Å². The molecule has 1 N–H and O–H groups in total. The number of likely N-dealkylation sites (tertiary alicyclic amines) is 1. The van der Waals surface area contributed by atoms with Crippen LogP contribution in [-0.2, 0) is 9.53 Å². The summed E-state index contributed by atoms with van der Waals surface area (Å²) >= 11 is 0. The molecule has 0 aromatic rings. The third-order valence-corrected chi connectivity index (χ3v) is 3.92. The molecule has 5 heteroatoms. The molecule has 1 unspecified atom stereocenters. The first kappa shape index (κ1) is 13.8. The number of rotatable bonds is 3. The van der Waals surface area contributed by atoms with E-state index in [0.717, 1.165) is 38.4 Å². The van der Waals surface area contributed by atoms with Gasteiger partial charge in [0, 0.05) is 26.2 Å². The van der Waals surface area contributed by atoms with E-state index < -0.39 is 0 Å². The lowest BCUT2D eigenvalue weighted by Crippen LogP contribution is -2.49. The van der Waals surface area contributed by atoms with Crippen LogP contribution in [0.5, 0.6) is 0 Å². The Kier molecular flexibility index (Phi) is 4.97. The van der Waals surface area contributed by atoms with Crippen molar-refractivity contribution in [1.82, 2.24) is 9.80 Å². The van der Waals surface area contributed by atoms with Crippen LogP contribution in [0.1, 0.15) is 19.8 Å². The second-order valence-electron chi connectivity index (χ2n) is 5.47. The van der Waals surface area contributed by atoms with Crippen LogP contribution < -0.4 is 0 Å². The predicted octanol–water partition coefficient (Wildman–Crippen LogP) is -0.0620. The Hall–Kier alpha value is -0.650. The van der Waals surface area contributed by atoms with Gasteiger partial charge in [-0.1, -0.05) is 6.92 Å². The molecule has 1 amide bonds. The van der Waals surface area contributed by atoms with Gasteiger partial charge < -0.3 is 14.7 Å². The fraction of sp³-hybridized carbons (Fsp3) is 0.923. The number of hydrogen-bond acceptors (Lipinski definition) is 4. The lowest BCUT2D eigenvalue weighted by Gasteiger charge is -2.35. The van der Waals surface area contributed by atoms with Crippen LogP contribution in [0, 0.1) is 5.92 Å². The molecule has 0 aromatic heterocycles. The average Bonchev–Trinajstić information content (AvgIpc) is 2.39. The van der Waals surface area contributed by atoms with E-state index in [4.69, 9.17) is 9.84 Å². The summed E-state index contributed by atoms with van der Waals surface area (Å²) in [5.74, 6) is 0.969. The molecule has 104 valence electrons. The van der Waals surface area contributed by atoms with Crippen molar-refractivity contribution in [2.24, 2.45) is 5.92 Å². The first-order chi connectivity index (χ1) is 8.69. The highest BCUT2D eigenvalue weighted by Gasteiger charge is 2.25. The summed E-state index contributed by atoms with van der Waals surface area (Å²) in [6.45, 7) is 6.59. The van der Waals surface area contributed by atoms with Crippen molar-refractivity contribution in [2.45, 2.75) is 25.9 Å². The van der Waals surface area contributed by atoms with Crippen molar-refractivity contribution in [3.63, 3.8) is 0 Å². The number of amides is 1. The molecular weight excluding hydrogens is 232 g/mol. The second-order valence-corrected chi connectivity index (χ2v) is 5.47. The molecule has 2 saturated heterocycles. The Morgan fingerprint density at radius 1 is 1.33 bits per heavy atom. The molecule has 0 aromatic carbocycles. The minimum absolute atomic E-state index is 0.0337. The van der Waals surface area contributed by atoms with Gasteiger partial charge in [-0.05, 0) is 18.8 Å². The number of aliphatic hydroxyl groups excluding tert-OH is 1. The molecule has 0 saturated carbocycles. The van der Waals surface area contributed by atoms with E-state index in [0.29, 0.717) is 19.7 Å². The third kappa shape index (κ3) is 3.67. The summed E-state index contributed by atoms with van der Waals surface area (Å²) < 4.78 is 5.38. The molecule has 18 heavy (non-hydrogen) atoms. The van der Waals surface area contributed by atoms with Gasteiger partial charge in [0.25, 0.3) is 0 Å². The molecule has 0 spiro atoms. The van der Waals surface area contributed by atoms with Crippen molar-refractivity contribution < 1.29 is 14.6 Å². The van der Waals surface area contributed by atoms with Gasteiger partial charge in [0.05, 0.1) is 25.9 Å². The smallest absolute Gasteiger partial charge is 0.236 e. The third-order valence-electron chi connectivity index (χ3n) is 3.92. The van der Waals surface area contributed by atoms with Gasteiger partial charge in [-0.15, -0.1) is 0 Å². The molecule has 2 rings (SSSR count). The van der Waals surface area contributed by atoms with Crippen molar-refractivity contribution in [1.29, 1.82) is 0 Å². The summed E-state index contributed by atoms with van der Waals surface area (Å²) in [6.07, 6.45) is 2.11. The minimum Gasteiger partial charge on any atom is -0.394 e. The molecule has 2 heterocycles. The number of ether oxygens (including phenoxy) is 1. The first-order valence-electron chi connectivity index (χ1n) is 6.91. The van der Waals surface area contributed by atoms with Gasteiger partial charge in [-0.3, -0.25) is 9.69 Å². The van der Waals surface area contributed by atoms with E-state index in [1.54, 1.807) is 0 Å². The highest BCUT2D eigenvalue weighted by Crippen LogP contribution is 2.16. The van der Waals surface area contributed by atoms with Crippen LogP contribution in [0.25, 0.3) is 0 Å². The molecule has 5 nitrogen and oxygen atoms in total. The first-order valence-corrected chi connectivity index (χ1v) is 6.91. The lowest BCUT2D eigenvalue weighted by atomic mass is 9.99. The maximum atomic E-state index is 12.1. The van der Waals surface area contributed by atoms with Crippen molar-refractivity contribution >= 4 is 5.91 Å². The van der Waals surface area contributed by atoms with Gasteiger partial charge in [-0.2, -0.15) is 0 Å². The summed E-state index contributed by atoms with van der Waals surface area (Å²) in [5, 5.41) is 9.07. The zero-order valence-corrected chi connectivity index (χ0v) is 11.2. The number of aliphatic hydroxyl groups is 1. The molecule has 0 aliphatic carbocycles. The van der Waals surface area contributed by atoms with Crippen LogP contribution in [0.2, 0.25) is 0 Å². The highest BCUT2D eigenvalue weighted by atomic mass is 16.5. The number of carbonyl (C=O) groups excluding carboxylic acids is 1. The summed E-state index contributed by atoms with van der Waals surface area (Å²) in [7, 11) is 0. The van der Waals surface area contributed by atoms with Gasteiger partial charge in [-0.25, -0.2) is 0 Å². The van der Waals surface area contributed by atoms with Crippen LogP contribution in [0.4, 0.5) is 0 Å². The SMILES string of the molecule is CC1CCN(C(=O)CN2CCOC(CO)C2)CC1. The standard InChI is InChI=1S/C13H24N2O3/c1-11-2-4-15(5-3-11)13(17)9-14-6-7-18-12(8-14)10-16/h11-12,16H,2-10H2,1H3. The number of hydrogen-bond donors (Lipinski definition) is 1. The van der Waals surface area contributed by atoms with E-state index in [1.807, 2.05) is 4.90 Å². The minimum atomic E-state index is -0.132. The Labute approximate surface area is 109 Å². The van der Waals surface area contributed by atoms with Crippen molar-refractivity contribution in [2.75, 3.05) is 45.9 Å². The number of nitrogens with zero attached hydrogens (tertiary/aromatic N) is 2. The Balaban J connectivity index is 1.76. The summed E-state index contributed by atoms with van der Waals surface area (Å²) in [4.78, 5) is 16.2. The Morgan fingerprint density at radius 3 is 2.72 bits per heavy atom. The quantitative estimate of drug-likeness (QED) is 0.768. The number of morpholine rings is 1. The fourth-order valence-corrected chi connectivity index (χ4v) is 2.58. The van der Waals surface area contributed by atoms with Crippen molar-refractivity contribution in [3.05, 3.63) is 0 Å². The highest BCUT2D eigenvalue weighted by molar-refractivity contribution is 5.78. The summed E-state index contributed by atoms with van der Waals surface area (Å²) in [5.41, 5.74) is 0. The average molecular weight is 256 g/mol. The van der Waals surface area contributed by atoms with E-state index in [1.165, 1.54) is 0 Å². The van der Waals surface area contributed by atoms with Gasteiger partial charge in [0.2, 0.25) is 5.91 Å². The van der Waals surface area contributed by atoms with E-state index >= 15 is 0 Å². The van der Waals surface area contributed by atoms with Crippen LogP contribution in [0.3, 0.4) is 0 Å². The van der Waals surface area contributed by atoms with E-state index in [-0.39, 0.29) is 18.6 Å². The predicted molar refractivity (Wildman–Crippen MR) is 68.2 cm³/mol. The fourth-order valence-electron chi connectivity index (χ4n) is 2.58. The lowest BCUT2D eigenvalue weighted by molar-refractivity contribution is -0.136. The monoisotopic (exact) mass is 256 g/mol. The van der Waals surface area contributed by atoms with Crippen LogP contribution in [-0.4, -0.2) is 72.9 Å². The maximum absolute atomic E-state index is 12.1. The molecule has 1 atom stereocenters. The normalized spacial score (nSPS) is 27.4. The second kappa shape index (κ2) is 6.50. The molecule has 0 bridgehead atoms.